The minimum absolute atomic E-state index is 0.114. The van der Waals surface area contributed by atoms with Gasteiger partial charge in [-0.2, -0.15) is 13.2 Å². The predicted molar refractivity (Wildman–Crippen MR) is 129 cm³/mol. The average Bonchev–Trinajstić information content (AvgIpc) is 2.77. The van der Waals surface area contributed by atoms with Gasteiger partial charge in [-0.3, -0.25) is 4.79 Å². The van der Waals surface area contributed by atoms with Crippen molar-refractivity contribution < 1.29 is 36.9 Å². The van der Waals surface area contributed by atoms with Crippen LogP contribution in [0.2, 0.25) is 0 Å². The van der Waals surface area contributed by atoms with Crippen LogP contribution in [0.1, 0.15) is 44.4 Å². The largest absolute Gasteiger partial charge is 0.507 e. The second kappa shape index (κ2) is 10.1. The monoisotopic (exact) mass is 506 g/mol. The Kier molecular flexibility index (Phi) is 7.52. The number of halogens is 4. The maximum Gasteiger partial charge on any atom is 0.419 e. The predicted octanol–water partition coefficient (Wildman–Crippen LogP) is 7.06. The maximum atomic E-state index is 14.3. The Balaban J connectivity index is 2.44. The van der Waals surface area contributed by atoms with E-state index in [4.69, 9.17) is 9.15 Å². The van der Waals surface area contributed by atoms with Crippen LogP contribution in [0.5, 0.6) is 17.2 Å². The first-order chi connectivity index (χ1) is 16.8. The molecule has 0 saturated carbocycles. The Bertz CT molecular complexity index is 1440. The summed E-state index contributed by atoms with van der Waals surface area (Å²) >= 11 is 0. The highest BCUT2D eigenvalue weighted by Gasteiger charge is 2.34. The van der Waals surface area contributed by atoms with Crippen molar-refractivity contribution in [3.8, 4) is 28.6 Å². The molecule has 0 atom stereocenters. The Morgan fingerprint density at radius 1 is 1.00 bits per heavy atom. The van der Waals surface area contributed by atoms with Crippen molar-refractivity contribution in [2.75, 3.05) is 7.11 Å². The topological polar surface area (TPSA) is 79.9 Å². The summed E-state index contributed by atoms with van der Waals surface area (Å²) in [5.74, 6) is -3.11. The third-order valence-corrected chi connectivity index (χ3v) is 5.61. The first-order valence-corrected chi connectivity index (χ1v) is 11.0. The van der Waals surface area contributed by atoms with Crippen LogP contribution in [-0.4, -0.2) is 17.3 Å². The number of alkyl halides is 3. The van der Waals surface area contributed by atoms with E-state index in [0.29, 0.717) is 12.1 Å². The molecule has 0 radical (unpaired) electrons. The summed E-state index contributed by atoms with van der Waals surface area (Å²) in [6.07, 6.45) is -1.11. The van der Waals surface area contributed by atoms with Crippen molar-refractivity contribution >= 4 is 11.0 Å². The number of fused-ring (bicyclic) bond motifs is 1. The van der Waals surface area contributed by atoms with Crippen LogP contribution in [0.25, 0.3) is 22.3 Å². The lowest BCUT2D eigenvalue weighted by Crippen LogP contribution is -2.11. The fourth-order valence-electron chi connectivity index (χ4n) is 3.76. The standard InChI is InChI=1S/C27H26F4O5/c1-13(2)6-9-16-21(32)17(10-7-14(3)4)25-20(22(16)33)23(34)26(35-5)24(36-25)15-8-11-18(19(28)12-15)27(29,30)31/h6-8,11-12,32-33H,9-10H2,1-5H3. The van der Waals surface area contributed by atoms with Crippen molar-refractivity contribution in [3.05, 3.63) is 74.2 Å². The van der Waals surface area contributed by atoms with Crippen molar-refractivity contribution in [2.45, 2.75) is 46.7 Å². The van der Waals surface area contributed by atoms with Gasteiger partial charge in [-0.1, -0.05) is 29.4 Å². The van der Waals surface area contributed by atoms with E-state index in [9.17, 15) is 32.6 Å². The number of benzene rings is 2. The first-order valence-electron chi connectivity index (χ1n) is 11.0. The Hall–Kier alpha value is -3.75. The minimum atomic E-state index is -4.91. The molecular weight excluding hydrogens is 480 g/mol. The molecule has 0 amide bonds. The molecule has 0 aliphatic heterocycles. The second-order valence-electron chi connectivity index (χ2n) is 8.82. The number of aromatic hydroxyl groups is 2. The van der Waals surface area contributed by atoms with Crippen LogP contribution in [0, 0.1) is 5.82 Å². The van der Waals surface area contributed by atoms with E-state index in [1.807, 2.05) is 27.7 Å². The number of phenolic OH excluding ortho intramolecular Hbond substituents is 2. The van der Waals surface area contributed by atoms with Gasteiger partial charge in [0.05, 0.1) is 12.7 Å². The lowest BCUT2D eigenvalue weighted by molar-refractivity contribution is -0.139. The number of allylic oxidation sites excluding steroid dienone is 4. The SMILES string of the molecule is COc1c(-c2ccc(C(F)(F)F)c(F)c2)oc2c(CC=C(C)C)c(O)c(CC=C(C)C)c(O)c2c1=O. The first kappa shape index (κ1) is 26.8. The molecule has 0 aliphatic rings. The lowest BCUT2D eigenvalue weighted by atomic mass is 9.96. The molecule has 0 fully saturated rings. The van der Waals surface area contributed by atoms with E-state index in [1.54, 1.807) is 12.2 Å². The van der Waals surface area contributed by atoms with Gasteiger partial charge in [0.15, 0.2) is 5.76 Å². The van der Waals surface area contributed by atoms with E-state index in [2.05, 4.69) is 0 Å². The van der Waals surface area contributed by atoms with Gasteiger partial charge in [-0.05, 0) is 52.7 Å². The summed E-state index contributed by atoms with van der Waals surface area (Å²) in [4.78, 5) is 13.4. The molecule has 3 aromatic rings. The highest BCUT2D eigenvalue weighted by atomic mass is 19.4. The summed E-state index contributed by atoms with van der Waals surface area (Å²) < 4.78 is 64.5. The molecule has 1 heterocycles. The number of rotatable bonds is 6. The smallest absolute Gasteiger partial charge is 0.419 e. The van der Waals surface area contributed by atoms with Gasteiger partial charge >= 0.3 is 6.18 Å². The molecule has 0 aliphatic carbocycles. The van der Waals surface area contributed by atoms with Gasteiger partial charge in [-0.25, -0.2) is 4.39 Å². The molecule has 0 unspecified atom stereocenters. The van der Waals surface area contributed by atoms with Gasteiger partial charge < -0.3 is 19.4 Å². The summed E-state index contributed by atoms with van der Waals surface area (Å²) in [6.45, 7) is 7.34. The van der Waals surface area contributed by atoms with Gasteiger partial charge in [0.1, 0.15) is 28.3 Å². The molecule has 5 nitrogen and oxygen atoms in total. The van der Waals surface area contributed by atoms with Crippen LogP contribution >= 0.6 is 0 Å². The third kappa shape index (κ3) is 5.10. The third-order valence-electron chi connectivity index (χ3n) is 5.61. The normalized spacial score (nSPS) is 11.5. The van der Waals surface area contributed by atoms with E-state index < -0.39 is 34.5 Å². The fraction of sp³-hybridized carbons (Fsp3) is 0.296. The molecule has 0 spiro atoms. The average molecular weight is 506 g/mol. The number of hydrogen-bond donors (Lipinski definition) is 2. The maximum absolute atomic E-state index is 14.3. The van der Waals surface area contributed by atoms with Gasteiger partial charge in [-0.15, -0.1) is 0 Å². The Morgan fingerprint density at radius 2 is 1.58 bits per heavy atom. The Morgan fingerprint density at radius 3 is 2.08 bits per heavy atom. The molecule has 192 valence electrons. The van der Waals surface area contributed by atoms with Crippen molar-refractivity contribution in [2.24, 2.45) is 0 Å². The molecule has 2 N–H and O–H groups in total. The van der Waals surface area contributed by atoms with Crippen molar-refractivity contribution in [1.29, 1.82) is 0 Å². The summed E-state index contributed by atoms with van der Waals surface area (Å²) in [5, 5.41) is 21.8. The fourth-order valence-corrected chi connectivity index (χ4v) is 3.76. The highest BCUT2D eigenvalue weighted by Crippen LogP contribution is 2.43. The number of ether oxygens (including phenoxy) is 1. The Labute approximate surface area is 205 Å². The van der Waals surface area contributed by atoms with E-state index >= 15 is 0 Å². The van der Waals surface area contributed by atoms with E-state index in [-0.39, 0.29) is 52.0 Å². The second-order valence-corrected chi connectivity index (χ2v) is 8.82. The summed E-state index contributed by atoms with van der Waals surface area (Å²) in [5.41, 5.74) is -0.522. The molecule has 1 aromatic heterocycles. The van der Waals surface area contributed by atoms with Gasteiger partial charge in [0, 0.05) is 16.7 Å². The zero-order valence-corrected chi connectivity index (χ0v) is 20.4. The van der Waals surface area contributed by atoms with E-state index in [1.165, 1.54) is 0 Å². The van der Waals surface area contributed by atoms with Crippen LogP contribution in [-0.2, 0) is 19.0 Å². The van der Waals surface area contributed by atoms with Crippen LogP contribution in [0.15, 0.2) is 50.7 Å². The van der Waals surface area contributed by atoms with E-state index in [0.717, 1.165) is 24.3 Å². The summed E-state index contributed by atoms with van der Waals surface area (Å²) in [7, 11) is 1.15. The molecule has 36 heavy (non-hydrogen) atoms. The quantitative estimate of drug-likeness (QED) is 0.277. The van der Waals surface area contributed by atoms with Crippen LogP contribution < -0.4 is 10.2 Å². The molecule has 9 heteroatoms. The highest BCUT2D eigenvalue weighted by molar-refractivity contribution is 5.93. The van der Waals surface area contributed by atoms with Crippen LogP contribution in [0.3, 0.4) is 0 Å². The molecule has 0 bridgehead atoms. The zero-order valence-electron chi connectivity index (χ0n) is 20.4. The molecular formula is C27H26F4O5. The van der Waals surface area contributed by atoms with Gasteiger partial charge in [0.25, 0.3) is 0 Å². The number of phenols is 2. The lowest BCUT2D eigenvalue weighted by Gasteiger charge is -2.17. The van der Waals surface area contributed by atoms with Crippen molar-refractivity contribution in [3.63, 3.8) is 0 Å². The summed E-state index contributed by atoms with van der Waals surface area (Å²) in [6, 6.07) is 2.08. The minimum Gasteiger partial charge on any atom is -0.507 e. The molecule has 3 rings (SSSR count). The van der Waals surface area contributed by atoms with Crippen LogP contribution in [0.4, 0.5) is 17.6 Å². The molecule has 0 saturated heterocycles. The number of hydrogen-bond acceptors (Lipinski definition) is 5. The van der Waals surface area contributed by atoms with Gasteiger partial charge in [0.2, 0.25) is 11.2 Å². The number of methoxy groups -OCH3 is 1. The van der Waals surface area contributed by atoms with Crippen molar-refractivity contribution in [1.82, 2.24) is 0 Å². The zero-order chi connectivity index (χ0) is 26.9. The molecule has 2 aromatic carbocycles.